The van der Waals surface area contributed by atoms with E-state index < -0.39 is 0 Å². The van der Waals surface area contributed by atoms with Crippen LogP contribution in [-0.4, -0.2) is 0 Å². The molecule has 14 aliphatic rings. The van der Waals surface area contributed by atoms with Gasteiger partial charge in [0.1, 0.15) is 0 Å². The maximum absolute atomic E-state index is 2.90. The molecule has 14 rings (SSSR count). The molecule has 0 aromatic heterocycles. The lowest BCUT2D eigenvalue weighted by Crippen LogP contribution is -3.39. The first-order valence-corrected chi connectivity index (χ1v) is 18.5. The Labute approximate surface area is 239 Å². The quantitative estimate of drug-likeness (QED) is 0.337. The minimum atomic E-state index is 0.741. The van der Waals surface area contributed by atoms with Gasteiger partial charge in [-0.15, -0.1) is 0 Å². The number of hydrogen-bond donors (Lipinski definition) is 0. The maximum atomic E-state index is 2.90. The Kier molecular flexibility index (Phi) is 2.83. The van der Waals surface area contributed by atoms with Crippen LogP contribution >= 0.6 is 0 Å². The third-order valence-electron chi connectivity index (χ3n) is 23.3. The van der Waals surface area contributed by atoms with Crippen LogP contribution < -0.4 is 0 Å². The first-order chi connectivity index (χ1) is 18.5. The molecule has 0 heterocycles. The van der Waals surface area contributed by atoms with E-state index in [0.29, 0.717) is 0 Å². The average molecular weight is 525 g/mol. The highest BCUT2D eigenvalue weighted by Gasteiger charge is 3.40. The van der Waals surface area contributed by atoms with E-state index in [1.807, 2.05) is 0 Å². The van der Waals surface area contributed by atoms with Gasteiger partial charge < -0.3 is 0 Å². The summed E-state index contributed by atoms with van der Waals surface area (Å²) >= 11 is 0. The Bertz CT molecular complexity index is 1160. The fourth-order valence-electron chi connectivity index (χ4n) is 23.9. The lowest BCUT2D eigenvalue weighted by Gasteiger charge is -3.41. The van der Waals surface area contributed by atoms with Crippen LogP contribution in [0.5, 0.6) is 0 Å². The first kappa shape index (κ1) is 22.5. The summed E-state index contributed by atoms with van der Waals surface area (Å²) in [6, 6.07) is 0. The minimum absolute atomic E-state index is 0.741. The summed E-state index contributed by atoms with van der Waals surface area (Å²) in [6.07, 6.45) is 10.5. The summed E-state index contributed by atoms with van der Waals surface area (Å²) in [5.74, 6) is 14.0. The molecule has 0 aliphatic heterocycles. The SMILES string of the molecule is CC1C2C3CC4C5C6CC7C8C(C)C9(C)C%10(C)C1(C)C21C34C52C76C89C%1012.CC1CC2CC(C)C12C.CCCCC. The Morgan fingerprint density at radius 2 is 1.00 bits per heavy atom. The van der Waals surface area contributed by atoms with E-state index in [0.717, 1.165) is 83.7 Å². The zero-order valence-electron chi connectivity index (χ0n) is 26.9. The van der Waals surface area contributed by atoms with Crippen LogP contribution in [0, 0.1) is 125 Å². The Morgan fingerprint density at radius 1 is 0.564 bits per heavy atom. The molecule has 16 unspecified atom stereocenters. The van der Waals surface area contributed by atoms with Gasteiger partial charge in [0.15, 0.2) is 0 Å². The highest BCUT2D eigenvalue weighted by atomic mass is 15.4. The van der Waals surface area contributed by atoms with E-state index in [4.69, 9.17) is 0 Å². The topological polar surface area (TPSA) is 0 Å². The van der Waals surface area contributed by atoms with Gasteiger partial charge in [-0.2, -0.15) is 0 Å². The zero-order valence-corrected chi connectivity index (χ0v) is 26.9. The van der Waals surface area contributed by atoms with Gasteiger partial charge in [0.05, 0.1) is 0 Å². The smallest absolute Gasteiger partial charge is 0.00207 e. The maximum Gasteiger partial charge on any atom is -0.00207 e. The Balaban J connectivity index is 0.000000116. The number of rotatable bonds is 2. The normalized spacial score (nSPS) is 86.6. The van der Waals surface area contributed by atoms with E-state index in [2.05, 4.69) is 69.2 Å². The highest BCUT2D eigenvalue weighted by molar-refractivity contribution is 5.85. The van der Waals surface area contributed by atoms with Gasteiger partial charge in [-0.05, 0) is 151 Å². The van der Waals surface area contributed by atoms with Crippen LogP contribution in [0.1, 0.15) is 114 Å². The highest BCUT2D eigenvalue weighted by Crippen LogP contribution is 3.42. The van der Waals surface area contributed by atoms with E-state index >= 15 is 0 Å². The van der Waals surface area contributed by atoms with Gasteiger partial charge in [-0.1, -0.05) is 88.5 Å². The van der Waals surface area contributed by atoms with Gasteiger partial charge in [-0.3, -0.25) is 0 Å². The predicted octanol–water partition coefficient (Wildman–Crippen LogP) is 9.34. The Morgan fingerprint density at radius 3 is 1.33 bits per heavy atom. The van der Waals surface area contributed by atoms with Crippen LogP contribution in [0.3, 0.4) is 0 Å². The summed E-state index contributed by atoms with van der Waals surface area (Å²) in [5, 5.41) is 0. The van der Waals surface area contributed by atoms with Crippen molar-refractivity contribution in [2.45, 2.75) is 114 Å². The van der Waals surface area contributed by atoms with Crippen molar-refractivity contribution in [1.29, 1.82) is 0 Å². The van der Waals surface area contributed by atoms with Gasteiger partial charge in [0.2, 0.25) is 0 Å². The molecule has 212 valence electrons. The lowest BCUT2D eigenvalue weighted by molar-refractivity contribution is -0.961. The van der Waals surface area contributed by atoms with Crippen molar-refractivity contribution in [2.75, 3.05) is 0 Å². The van der Waals surface area contributed by atoms with E-state index in [9.17, 15) is 0 Å². The van der Waals surface area contributed by atoms with Crippen molar-refractivity contribution in [3.05, 3.63) is 0 Å². The molecule has 14 fully saturated rings. The molecule has 16 atom stereocenters. The minimum Gasteiger partial charge on any atom is -0.0654 e. The van der Waals surface area contributed by atoms with Gasteiger partial charge in [0, 0.05) is 0 Å². The monoisotopic (exact) mass is 524 g/mol. The summed E-state index contributed by atoms with van der Waals surface area (Å²) < 4.78 is 0. The van der Waals surface area contributed by atoms with E-state index in [1.165, 1.54) is 73.5 Å². The average Bonchev–Trinajstić information content (AvgIpc) is 2.88. The third-order valence-corrected chi connectivity index (χ3v) is 23.3. The van der Waals surface area contributed by atoms with Crippen LogP contribution in [0.2, 0.25) is 0 Å². The summed E-state index contributed by atoms with van der Waals surface area (Å²) in [6.45, 7) is 25.8. The van der Waals surface area contributed by atoms with Crippen molar-refractivity contribution >= 4 is 0 Å². The van der Waals surface area contributed by atoms with Gasteiger partial charge in [0.25, 0.3) is 0 Å². The second-order valence-corrected chi connectivity index (χ2v) is 20.2. The number of fused-ring (bicyclic) bond motifs is 7. The van der Waals surface area contributed by atoms with Crippen LogP contribution in [-0.2, 0) is 0 Å². The van der Waals surface area contributed by atoms with Crippen molar-refractivity contribution in [3.8, 4) is 0 Å². The molecule has 0 N–H and O–H groups in total. The second-order valence-electron chi connectivity index (χ2n) is 20.2. The van der Waals surface area contributed by atoms with Crippen molar-refractivity contribution in [3.63, 3.8) is 0 Å². The standard InChI is InChI=1S/C25H28.C9H16.C5H12/c1-8-14-10-6-12-16-13-7-11-15-9(2)18(4)19(5)17(8,3)22(14)20(10,12)24(16)21(11,13)23(15,18)25(19,22)24;1-6-4-8-5-7(2)9(6,8)3;1-3-5-4-2/h8-16H,6-7H2,1-5H3;6-8H,4-5H2,1-3H3;3-5H2,1-2H3. The first-order valence-electron chi connectivity index (χ1n) is 18.5. The molecule has 0 saturated heterocycles. The molecule has 39 heavy (non-hydrogen) atoms. The predicted molar refractivity (Wildman–Crippen MR) is 155 cm³/mol. The van der Waals surface area contributed by atoms with E-state index in [1.54, 1.807) is 12.8 Å². The molecule has 14 aliphatic carbocycles. The molecule has 0 aromatic rings. The summed E-state index contributed by atoms with van der Waals surface area (Å²) in [4.78, 5) is 0. The molecule has 0 amide bonds. The van der Waals surface area contributed by atoms with Gasteiger partial charge in [-0.25, -0.2) is 0 Å². The fourth-order valence-corrected chi connectivity index (χ4v) is 23.9. The molecule has 6 spiro atoms. The molecule has 0 aromatic carbocycles. The molecular weight excluding hydrogens is 468 g/mol. The largest absolute Gasteiger partial charge is 0.0654 e. The summed E-state index contributed by atoms with van der Waals surface area (Å²) in [5.41, 5.74) is 8.78. The summed E-state index contributed by atoms with van der Waals surface area (Å²) in [7, 11) is 0. The number of unbranched alkanes of at least 4 members (excludes halogenated alkanes) is 2. The molecule has 14 saturated carbocycles. The molecule has 0 bridgehead atoms. The molecular formula is C39H56. The third kappa shape index (κ3) is 0.999. The van der Waals surface area contributed by atoms with Crippen LogP contribution in [0.15, 0.2) is 0 Å². The van der Waals surface area contributed by atoms with Crippen molar-refractivity contribution in [2.24, 2.45) is 125 Å². The van der Waals surface area contributed by atoms with Crippen LogP contribution in [0.4, 0.5) is 0 Å². The second kappa shape index (κ2) is 4.90. The van der Waals surface area contributed by atoms with Crippen molar-refractivity contribution in [1.82, 2.24) is 0 Å². The number of hydrogen-bond acceptors (Lipinski definition) is 0. The zero-order chi connectivity index (χ0) is 26.9. The lowest BCUT2D eigenvalue weighted by atomic mass is 8.61. The molecule has 0 radical (unpaired) electrons. The molecule has 0 nitrogen and oxygen atoms in total. The van der Waals surface area contributed by atoms with Crippen molar-refractivity contribution < 1.29 is 0 Å². The fraction of sp³-hybridized carbons (Fsp3) is 1.00. The van der Waals surface area contributed by atoms with Gasteiger partial charge >= 0.3 is 0 Å². The van der Waals surface area contributed by atoms with Crippen LogP contribution in [0.25, 0.3) is 0 Å². The molecule has 0 heteroatoms. The van der Waals surface area contributed by atoms with E-state index in [-0.39, 0.29) is 0 Å². The Hall–Kier alpha value is 0.